The Balaban J connectivity index is 1.97. The third-order valence-electron chi connectivity index (χ3n) is 5.26. The Hall–Kier alpha value is -0.500. The quantitative estimate of drug-likeness (QED) is 0.562. The third-order valence-corrected chi connectivity index (χ3v) is 6.45. The summed E-state index contributed by atoms with van der Waals surface area (Å²) in [5.41, 5.74) is 1.99. The summed E-state index contributed by atoms with van der Waals surface area (Å²) in [6.45, 7) is 7.68. The molecule has 1 nitrogen and oxygen atoms in total. The van der Waals surface area contributed by atoms with Crippen molar-refractivity contribution in [3.63, 3.8) is 0 Å². The highest BCUT2D eigenvalue weighted by atomic mass is 79.9. The molecule has 0 spiro atoms. The highest BCUT2D eigenvalue weighted by molar-refractivity contribution is 9.09. The van der Waals surface area contributed by atoms with Gasteiger partial charge in [-0.25, -0.2) is 0 Å². The Morgan fingerprint density at radius 1 is 1.10 bits per heavy atom. The highest BCUT2D eigenvalue weighted by Gasteiger charge is 2.31. The molecule has 1 aliphatic carbocycles. The van der Waals surface area contributed by atoms with E-state index in [9.17, 15) is 0 Å². The van der Waals surface area contributed by atoms with Gasteiger partial charge in [-0.05, 0) is 42.4 Å². The van der Waals surface area contributed by atoms with Gasteiger partial charge in [-0.15, -0.1) is 0 Å². The fourth-order valence-electron chi connectivity index (χ4n) is 3.06. The van der Waals surface area contributed by atoms with Gasteiger partial charge in [-0.1, -0.05) is 68.1 Å². The predicted octanol–water partition coefficient (Wildman–Crippen LogP) is 6.10. The summed E-state index contributed by atoms with van der Waals surface area (Å²) in [5, 5.41) is 1.06. The Bertz CT molecular complexity index is 429. The van der Waals surface area contributed by atoms with Crippen LogP contribution in [-0.4, -0.2) is 11.9 Å². The molecule has 118 valence electrons. The lowest BCUT2D eigenvalue weighted by atomic mass is 9.76. The molecule has 0 heterocycles. The van der Waals surface area contributed by atoms with Gasteiger partial charge in [0.05, 0.1) is 6.61 Å². The first kappa shape index (κ1) is 16.9. The van der Waals surface area contributed by atoms with Crippen LogP contribution in [0.25, 0.3) is 0 Å². The molecule has 0 saturated heterocycles. The lowest BCUT2D eigenvalue weighted by Gasteiger charge is -2.35. The van der Waals surface area contributed by atoms with Gasteiger partial charge in [0.15, 0.2) is 0 Å². The minimum atomic E-state index is 0.249. The Kier molecular flexibility index (Phi) is 5.76. The van der Waals surface area contributed by atoms with Crippen LogP contribution in [0, 0.1) is 5.41 Å². The van der Waals surface area contributed by atoms with Crippen LogP contribution < -0.4 is 4.74 Å². The molecule has 1 saturated carbocycles. The summed E-state index contributed by atoms with van der Waals surface area (Å²) < 4.78 is 6.11. The fraction of sp³-hybridized carbons (Fsp3) is 0.684. The lowest BCUT2D eigenvalue weighted by Crippen LogP contribution is -2.32. The van der Waals surface area contributed by atoms with E-state index in [2.05, 4.69) is 61.0 Å². The van der Waals surface area contributed by atoms with Gasteiger partial charge >= 0.3 is 0 Å². The second-order valence-electron chi connectivity index (χ2n) is 7.24. The minimum Gasteiger partial charge on any atom is -0.493 e. The molecule has 0 bridgehead atoms. The number of ether oxygens (including phenoxy) is 1. The van der Waals surface area contributed by atoms with Crippen LogP contribution in [0.4, 0.5) is 0 Å². The normalized spacial score (nSPS) is 18.5. The lowest BCUT2D eigenvalue weighted by molar-refractivity contribution is 0.122. The fourth-order valence-corrected chi connectivity index (χ4v) is 3.78. The van der Waals surface area contributed by atoms with Crippen molar-refractivity contribution in [2.24, 2.45) is 5.41 Å². The van der Waals surface area contributed by atoms with E-state index in [-0.39, 0.29) is 5.41 Å². The van der Waals surface area contributed by atoms with Gasteiger partial charge < -0.3 is 4.74 Å². The maximum atomic E-state index is 6.11. The molecule has 2 heteroatoms. The zero-order valence-corrected chi connectivity index (χ0v) is 15.3. The largest absolute Gasteiger partial charge is 0.493 e. The van der Waals surface area contributed by atoms with Crippen molar-refractivity contribution in [3.8, 4) is 5.75 Å². The van der Waals surface area contributed by atoms with Crippen molar-refractivity contribution < 1.29 is 4.74 Å². The average Bonchev–Trinajstić information content (AvgIpc) is 2.54. The molecule has 1 aromatic carbocycles. The minimum absolute atomic E-state index is 0.249. The van der Waals surface area contributed by atoms with E-state index < -0.39 is 0 Å². The summed E-state index contributed by atoms with van der Waals surface area (Å²) in [7, 11) is 0. The molecule has 0 N–H and O–H groups in total. The summed E-state index contributed by atoms with van der Waals surface area (Å²) in [4.78, 5) is 0. The van der Waals surface area contributed by atoms with Crippen molar-refractivity contribution in [2.75, 3.05) is 11.9 Å². The zero-order chi connectivity index (χ0) is 15.3. The molecular weight excluding hydrogens is 324 g/mol. The highest BCUT2D eigenvalue weighted by Crippen LogP contribution is 2.38. The Morgan fingerprint density at radius 3 is 2.24 bits per heavy atom. The van der Waals surface area contributed by atoms with E-state index in [1.54, 1.807) is 0 Å². The van der Waals surface area contributed by atoms with Gasteiger partial charge in [-0.2, -0.15) is 0 Å². The monoisotopic (exact) mass is 352 g/mol. The van der Waals surface area contributed by atoms with Gasteiger partial charge in [0.1, 0.15) is 5.75 Å². The number of benzene rings is 1. The van der Waals surface area contributed by atoms with Crippen LogP contribution in [0.3, 0.4) is 0 Å². The van der Waals surface area contributed by atoms with E-state index in [0.29, 0.717) is 5.41 Å². The van der Waals surface area contributed by atoms with Crippen molar-refractivity contribution in [3.05, 3.63) is 29.8 Å². The zero-order valence-electron chi connectivity index (χ0n) is 13.8. The van der Waals surface area contributed by atoms with Crippen LogP contribution in [0.5, 0.6) is 5.75 Å². The first-order chi connectivity index (χ1) is 10.0. The molecule has 0 aromatic heterocycles. The molecule has 1 aliphatic rings. The molecule has 1 fully saturated rings. The summed E-state index contributed by atoms with van der Waals surface area (Å²) in [6.07, 6.45) is 7.81. The predicted molar refractivity (Wildman–Crippen MR) is 94.6 cm³/mol. The van der Waals surface area contributed by atoms with Gasteiger partial charge in [-0.3, -0.25) is 0 Å². The molecule has 21 heavy (non-hydrogen) atoms. The summed E-state index contributed by atoms with van der Waals surface area (Å²) >= 11 is 3.71. The van der Waals surface area contributed by atoms with E-state index in [0.717, 1.165) is 24.1 Å². The first-order valence-corrected chi connectivity index (χ1v) is 9.43. The van der Waals surface area contributed by atoms with Gasteiger partial charge in [0, 0.05) is 10.7 Å². The van der Waals surface area contributed by atoms with Crippen LogP contribution in [-0.2, 0) is 5.41 Å². The van der Waals surface area contributed by atoms with Crippen LogP contribution in [0.1, 0.15) is 64.9 Å². The number of rotatable bonds is 6. The van der Waals surface area contributed by atoms with Gasteiger partial charge in [0.25, 0.3) is 0 Å². The topological polar surface area (TPSA) is 9.23 Å². The van der Waals surface area contributed by atoms with E-state index in [4.69, 9.17) is 4.74 Å². The van der Waals surface area contributed by atoms with Crippen molar-refractivity contribution >= 4 is 15.9 Å². The Labute approximate surface area is 138 Å². The second-order valence-corrected chi connectivity index (χ2v) is 7.81. The number of hydrogen-bond donors (Lipinski definition) is 0. The van der Waals surface area contributed by atoms with Crippen LogP contribution in [0.2, 0.25) is 0 Å². The molecule has 0 aliphatic heterocycles. The molecule has 2 rings (SSSR count). The van der Waals surface area contributed by atoms with Gasteiger partial charge in [0.2, 0.25) is 0 Å². The molecular formula is C19H29BrO. The molecule has 0 radical (unpaired) electrons. The standard InChI is InChI=1S/C19H29BrO/c1-4-18(2,3)16-8-10-17(11-9-16)21-15-19(14-20)12-6-5-7-13-19/h8-11H,4-7,12-15H2,1-3H3. The number of alkyl halides is 1. The molecule has 0 amide bonds. The van der Waals surface area contributed by atoms with Crippen molar-refractivity contribution in [1.82, 2.24) is 0 Å². The molecule has 0 atom stereocenters. The SMILES string of the molecule is CCC(C)(C)c1ccc(OCC2(CBr)CCCCC2)cc1. The van der Waals surface area contributed by atoms with Crippen molar-refractivity contribution in [1.29, 1.82) is 0 Å². The van der Waals surface area contributed by atoms with Crippen LogP contribution in [0.15, 0.2) is 24.3 Å². The molecule has 1 aromatic rings. The van der Waals surface area contributed by atoms with Crippen LogP contribution >= 0.6 is 15.9 Å². The summed E-state index contributed by atoms with van der Waals surface area (Å²) in [5.74, 6) is 1.01. The van der Waals surface area contributed by atoms with E-state index in [1.165, 1.54) is 37.7 Å². The number of hydrogen-bond acceptors (Lipinski definition) is 1. The average molecular weight is 353 g/mol. The first-order valence-electron chi connectivity index (χ1n) is 8.31. The third kappa shape index (κ3) is 4.25. The second kappa shape index (κ2) is 7.17. The smallest absolute Gasteiger partial charge is 0.119 e. The van der Waals surface area contributed by atoms with E-state index >= 15 is 0 Å². The molecule has 0 unspecified atom stereocenters. The maximum Gasteiger partial charge on any atom is 0.119 e. The van der Waals surface area contributed by atoms with E-state index in [1.807, 2.05) is 0 Å². The number of halogens is 1. The Morgan fingerprint density at radius 2 is 1.71 bits per heavy atom. The summed E-state index contributed by atoms with van der Waals surface area (Å²) in [6, 6.07) is 8.72. The maximum absolute atomic E-state index is 6.11. The van der Waals surface area contributed by atoms with Crippen molar-refractivity contribution in [2.45, 2.75) is 64.7 Å².